The second-order valence-corrected chi connectivity index (χ2v) is 2.88. The van der Waals surface area contributed by atoms with Crippen molar-refractivity contribution in [1.29, 1.82) is 0 Å². The molecular formula is C8H13NO2. The van der Waals surface area contributed by atoms with E-state index in [2.05, 4.69) is 6.58 Å². The summed E-state index contributed by atoms with van der Waals surface area (Å²) in [5, 5.41) is 0. The van der Waals surface area contributed by atoms with E-state index >= 15 is 0 Å². The van der Waals surface area contributed by atoms with Gasteiger partial charge in [-0.05, 0) is 19.3 Å². The van der Waals surface area contributed by atoms with Crippen LogP contribution in [0.1, 0.15) is 13.3 Å². The Morgan fingerprint density at radius 2 is 2.55 bits per heavy atom. The van der Waals surface area contributed by atoms with Gasteiger partial charge in [-0.3, -0.25) is 10.5 Å². The van der Waals surface area contributed by atoms with Crippen LogP contribution in [0.15, 0.2) is 12.7 Å². The van der Waals surface area contributed by atoms with Gasteiger partial charge in [0, 0.05) is 0 Å². The molecule has 3 atom stereocenters. The number of carbonyl (C=O) groups is 1. The van der Waals surface area contributed by atoms with Crippen LogP contribution < -0.4 is 5.73 Å². The van der Waals surface area contributed by atoms with Crippen molar-refractivity contribution in [3.05, 3.63) is 12.7 Å². The maximum absolute atomic E-state index is 11.0. The molecule has 0 aromatic heterocycles. The van der Waals surface area contributed by atoms with Crippen LogP contribution in [0.25, 0.3) is 0 Å². The summed E-state index contributed by atoms with van der Waals surface area (Å²) in [7, 11) is 0. The summed E-state index contributed by atoms with van der Waals surface area (Å²) in [5.74, 6) is 0.157. The molecule has 1 aliphatic rings. The molecule has 62 valence electrons. The topological polar surface area (TPSA) is 52.3 Å². The first-order valence-electron chi connectivity index (χ1n) is 3.73. The minimum atomic E-state index is -0.492. The van der Waals surface area contributed by atoms with Gasteiger partial charge < -0.3 is 4.74 Å². The van der Waals surface area contributed by atoms with Crippen LogP contribution in [-0.4, -0.2) is 12.2 Å². The molecule has 0 aliphatic heterocycles. The minimum absolute atomic E-state index is 0.0264. The zero-order chi connectivity index (χ0) is 8.43. The van der Waals surface area contributed by atoms with Gasteiger partial charge in [-0.25, -0.2) is 0 Å². The number of hydrogen-bond acceptors (Lipinski definition) is 3. The monoisotopic (exact) mass is 155 g/mol. The highest BCUT2D eigenvalue weighted by atomic mass is 16.6. The largest absolute Gasteiger partial charge is 0.447 e. The van der Waals surface area contributed by atoms with E-state index < -0.39 is 6.23 Å². The summed E-state index contributed by atoms with van der Waals surface area (Å²) in [6.07, 6.45) is 2.16. The molecule has 2 N–H and O–H groups in total. The van der Waals surface area contributed by atoms with E-state index in [0.29, 0.717) is 5.92 Å². The van der Waals surface area contributed by atoms with Crippen molar-refractivity contribution < 1.29 is 9.53 Å². The first-order valence-corrected chi connectivity index (χ1v) is 3.73. The molecule has 1 unspecified atom stereocenters. The van der Waals surface area contributed by atoms with Gasteiger partial charge in [0.1, 0.15) is 6.23 Å². The average molecular weight is 155 g/mol. The van der Waals surface area contributed by atoms with Gasteiger partial charge in [0.25, 0.3) is 0 Å². The number of ether oxygens (including phenoxy) is 1. The summed E-state index contributed by atoms with van der Waals surface area (Å²) in [5.41, 5.74) is 5.28. The normalized spacial score (nSPS) is 30.7. The highest BCUT2D eigenvalue weighted by Crippen LogP contribution is 2.40. The Hall–Kier alpha value is -0.830. The third-order valence-electron chi connectivity index (χ3n) is 1.75. The molecule has 1 aliphatic carbocycles. The Balaban J connectivity index is 2.28. The lowest BCUT2D eigenvalue weighted by molar-refractivity contribution is -0.149. The average Bonchev–Trinajstić information content (AvgIpc) is 2.63. The van der Waals surface area contributed by atoms with E-state index in [1.807, 2.05) is 0 Å². The Labute approximate surface area is 66.2 Å². The van der Waals surface area contributed by atoms with Gasteiger partial charge in [0.05, 0.1) is 5.92 Å². The first-order chi connectivity index (χ1) is 5.15. The molecular weight excluding hydrogens is 142 g/mol. The van der Waals surface area contributed by atoms with Gasteiger partial charge in [-0.15, -0.1) is 6.58 Å². The summed E-state index contributed by atoms with van der Waals surface area (Å²) < 4.78 is 4.80. The summed E-state index contributed by atoms with van der Waals surface area (Å²) >= 11 is 0. The Kier molecular flexibility index (Phi) is 2.29. The third-order valence-corrected chi connectivity index (χ3v) is 1.75. The van der Waals surface area contributed by atoms with E-state index in [1.54, 1.807) is 13.0 Å². The fraction of sp³-hybridized carbons (Fsp3) is 0.625. The van der Waals surface area contributed by atoms with Gasteiger partial charge in [0.15, 0.2) is 0 Å². The lowest BCUT2D eigenvalue weighted by atomic mass is 10.3. The van der Waals surface area contributed by atoms with Crippen molar-refractivity contribution in [1.82, 2.24) is 0 Å². The van der Waals surface area contributed by atoms with Crippen molar-refractivity contribution in [3.63, 3.8) is 0 Å². The van der Waals surface area contributed by atoms with Gasteiger partial charge in [-0.2, -0.15) is 0 Å². The quantitative estimate of drug-likeness (QED) is 0.370. The van der Waals surface area contributed by atoms with Crippen molar-refractivity contribution >= 4 is 5.97 Å². The van der Waals surface area contributed by atoms with Crippen molar-refractivity contribution in [3.8, 4) is 0 Å². The van der Waals surface area contributed by atoms with Crippen molar-refractivity contribution in [2.75, 3.05) is 0 Å². The second-order valence-electron chi connectivity index (χ2n) is 2.88. The molecule has 0 aromatic carbocycles. The number of carbonyl (C=O) groups excluding carboxylic acids is 1. The Morgan fingerprint density at radius 1 is 1.91 bits per heavy atom. The SMILES string of the molecule is C=C[C@@H]1CC1C(=O)O[C@H](C)N. The van der Waals surface area contributed by atoms with E-state index in [0.717, 1.165) is 6.42 Å². The molecule has 0 heterocycles. The molecule has 1 fully saturated rings. The maximum atomic E-state index is 11.0. The zero-order valence-corrected chi connectivity index (χ0v) is 6.62. The smallest absolute Gasteiger partial charge is 0.311 e. The fourth-order valence-corrected chi connectivity index (χ4v) is 1.02. The Morgan fingerprint density at radius 3 is 2.91 bits per heavy atom. The molecule has 0 aromatic rings. The molecule has 0 amide bonds. The molecule has 0 bridgehead atoms. The van der Waals surface area contributed by atoms with Crippen LogP contribution in [-0.2, 0) is 9.53 Å². The molecule has 0 saturated heterocycles. The third kappa shape index (κ3) is 2.05. The van der Waals surface area contributed by atoms with E-state index in [4.69, 9.17) is 10.5 Å². The summed E-state index contributed by atoms with van der Waals surface area (Å²) in [6.45, 7) is 5.24. The Bertz CT molecular complexity index is 177. The molecule has 11 heavy (non-hydrogen) atoms. The van der Waals surface area contributed by atoms with E-state index in [9.17, 15) is 4.79 Å². The van der Waals surface area contributed by atoms with Gasteiger partial charge >= 0.3 is 5.97 Å². The van der Waals surface area contributed by atoms with Crippen LogP contribution in [0, 0.1) is 11.8 Å². The lowest BCUT2D eigenvalue weighted by Crippen LogP contribution is -2.24. The highest BCUT2D eigenvalue weighted by molar-refractivity contribution is 5.76. The van der Waals surface area contributed by atoms with Gasteiger partial charge in [0.2, 0.25) is 0 Å². The predicted octanol–water partition coefficient (Wildman–Crippen LogP) is 0.656. The second kappa shape index (κ2) is 3.05. The highest BCUT2D eigenvalue weighted by Gasteiger charge is 2.42. The molecule has 0 spiro atoms. The number of nitrogens with two attached hydrogens (primary N) is 1. The summed E-state index contributed by atoms with van der Waals surface area (Å²) in [4.78, 5) is 11.0. The summed E-state index contributed by atoms with van der Waals surface area (Å²) in [6, 6.07) is 0. The van der Waals surface area contributed by atoms with E-state index in [1.165, 1.54) is 0 Å². The van der Waals surface area contributed by atoms with Crippen LogP contribution in [0.3, 0.4) is 0 Å². The van der Waals surface area contributed by atoms with Crippen molar-refractivity contribution in [2.45, 2.75) is 19.6 Å². The van der Waals surface area contributed by atoms with Crippen LogP contribution >= 0.6 is 0 Å². The van der Waals surface area contributed by atoms with E-state index in [-0.39, 0.29) is 11.9 Å². The van der Waals surface area contributed by atoms with Crippen LogP contribution in [0.4, 0.5) is 0 Å². The predicted molar refractivity (Wildman–Crippen MR) is 41.5 cm³/mol. The van der Waals surface area contributed by atoms with Gasteiger partial charge in [-0.1, -0.05) is 6.08 Å². The number of hydrogen-bond donors (Lipinski definition) is 1. The number of esters is 1. The first kappa shape index (κ1) is 8.27. The van der Waals surface area contributed by atoms with Crippen LogP contribution in [0.5, 0.6) is 0 Å². The van der Waals surface area contributed by atoms with Crippen molar-refractivity contribution in [2.24, 2.45) is 17.6 Å². The minimum Gasteiger partial charge on any atom is -0.447 e. The zero-order valence-electron chi connectivity index (χ0n) is 6.62. The molecule has 3 heteroatoms. The number of allylic oxidation sites excluding steroid dienone is 1. The fourth-order valence-electron chi connectivity index (χ4n) is 1.02. The van der Waals surface area contributed by atoms with Crippen LogP contribution in [0.2, 0.25) is 0 Å². The maximum Gasteiger partial charge on any atom is 0.311 e. The standard InChI is InChI=1S/C8H13NO2/c1-3-6-4-7(6)8(10)11-5(2)9/h3,5-7H,1,4,9H2,2H3/t5-,6-,7?/m1/s1. The molecule has 0 radical (unpaired) electrons. The lowest BCUT2D eigenvalue weighted by Gasteiger charge is -2.06. The molecule has 1 saturated carbocycles. The number of rotatable bonds is 3. The molecule has 1 rings (SSSR count). The molecule has 3 nitrogen and oxygen atoms in total.